The largest absolute Gasteiger partial charge is 0.379 e. The van der Waals surface area contributed by atoms with Crippen molar-refractivity contribution >= 4 is 16.7 Å². The molecule has 2 aromatic heterocycles. The van der Waals surface area contributed by atoms with E-state index in [0.717, 1.165) is 48.7 Å². The minimum absolute atomic E-state index is 0.251. The fraction of sp³-hybridized carbons (Fsp3) is 0.409. The lowest BCUT2D eigenvalue weighted by Gasteiger charge is -2.21. The van der Waals surface area contributed by atoms with Crippen LogP contribution in [0.4, 0.5) is 5.82 Å². The quantitative estimate of drug-likeness (QED) is 0.719. The van der Waals surface area contributed by atoms with Gasteiger partial charge in [0.15, 0.2) is 0 Å². The van der Waals surface area contributed by atoms with Gasteiger partial charge in [-0.3, -0.25) is 4.98 Å². The summed E-state index contributed by atoms with van der Waals surface area (Å²) in [5, 5.41) is 4.84. The second kappa shape index (κ2) is 8.01. The van der Waals surface area contributed by atoms with E-state index >= 15 is 0 Å². The van der Waals surface area contributed by atoms with Gasteiger partial charge in [-0.05, 0) is 37.5 Å². The van der Waals surface area contributed by atoms with Crippen molar-refractivity contribution in [1.82, 2.24) is 15.0 Å². The van der Waals surface area contributed by atoms with Crippen LogP contribution in [0.1, 0.15) is 30.4 Å². The Bertz CT molecular complexity index is 922. The fourth-order valence-corrected chi connectivity index (χ4v) is 3.80. The van der Waals surface area contributed by atoms with Gasteiger partial charge in [-0.2, -0.15) is 0 Å². The highest BCUT2D eigenvalue weighted by Crippen LogP contribution is 2.26. The van der Waals surface area contributed by atoms with E-state index in [0.29, 0.717) is 12.5 Å². The van der Waals surface area contributed by atoms with Gasteiger partial charge in [-0.1, -0.05) is 25.1 Å². The lowest BCUT2D eigenvalue weighted by Crippen LogP contribution is -2.30. The average Bonchev–Trinajstić information content (AvgIpc) is 3.08. The molecule has 5 nitrogen and oxygen atoms in total. The van der Waals surface area contributed by atoms with Gasteiger partial charge in [-0.15, -0.1) is 0 Å². The molecule has 0 unspecified atom stereocenters. The zero-order chi connectivity index (χ0) is 18.6. The summed E-state index contributed by atoms with van der Waals surface area (Å²) >= 11 is 0. The molecule has 1 N–H and O–H groups in total. The van der Waals surface area contributed by atoms with Gasteiger partial charge in [0.25, 0.3) is 0 Å². The van der Waals surface area contributed by atoms with Gasteiger partial charge < -0.3 is 10.1 Å². The van der Waals surface area contributed by atoms with Crippen LogP contribution in [-0.2, 0) is 17.6 Å². The third-order valence-electron chi connectivity index (χ3n) is 5.13. The van der Waals surface area contributed by atoms with E-state index in [4.69, 9.17) is 9.72 Å². The Kier molecular flexibility index (Phi) is 5.30. The first-order chi connectivity index (χ1) is 13.2. The van der Waals surface area contributed by atoms with E-state index in [1.54, 1.807) is 0 Å². The number of nitrogens with one attached hydrogen (secondary N) is 1. The first kappa shape index (κ1) is 17.9. The molecule has 1 aliphatic rings. The molecule has 1 fully saturated rings. The summed E-state index contributed by atoms with van der Waals surface area (Å²) in [7, 11) is 0. The topological polar surface area (TPSA) is 59.9 Å². The minimum Gasteiger partial charge on any atom is -0.379 e. The van der Waals surface area contributed by atoms with Crippen molar-refractivity contribution in [2.75, 3.05) is 18.5 Å². The highest BCUT2D eigenvalue weighted by molar-refractivity contribution is 5.81. The summed E-state index contributed by atoms with van der Waals surface area (Å²) < 4.78 is 5.81. The van der Waals surface area contributed by atoms with Crippen LogP contribution in [0.5, 0.6) is 0 Å². The number of fused-ring (bicyclic) bond motifs is 1. The van der Waals surface area contributed by atoms with Crippen molar-refractivity contribution in [1.29, 1.82) is 0 Å². The van der Waals surface area contributed by atoms with Gasteiger partial charge >= 0.3 is 0 Å². The van der Waals surface area contributed by atoms with E-state index in [1.165, 1.54) is 10.9 Å². The number of anilines is 1. The molecule has 27 heavy (non-hydrogen) atoms. The van der Waals surface area contributed by atoms with Gasteiger partial charge in [-0.25, -0.2) is 9.97 Å². The van der Waals surface area contributed by atoms with E-state index in [-0.39, 0.29) is 6.04 Å². The summed E-state index contributed by atoms with van der Waals surface area (Å²) in [6, 6.07) is 12.7. The maximum absolute atomic E-state index is 5.81. The molecule has 1 aliphatic heterocycles. The van der Waals surface area contributed by atoms with Crippen LogP contribution in [0, 0.1) is 12.8 Å². The van der Waals surface area contributed by atoms with Gasteiger partial charge in [0, 0.05) is 35.7 Å². The van der Waals surface area contributed by atoms with Crippen LogP contribution in [0.25, 0.3) is 10.9 Å². The summed E-state index contributed by atoms with van der Waals surface area (Å²) in [5.74, 6) is 2.22. The van der Waals surface area contributed by atoms with Crippen LogP contribution in [0.2, 0.25) is 0 Å². The standard InChI is InChI=1S/C22H26N4O/c1-3-6-21-24-15(2)11-22(26-21)25-20-14-27-13-17(20)12-16-9-10-23-19-8-5-4-7-18(16)19/h4-5,7-11,17,20H,3,6,12-14H2,1-2H3,(H,24,25,26)/t17-,20+/m1/s1. The maximum atomic E-state index is 5.81. The third kappa shape index (κ3) is 4.08. The van der Waals surface area contributed by atoms with Crippen molar-refractivity contribution in [3.05, 3.63) is 59.7 Å². The van der Waals surface area contributed by atoms with Crippen molar-refractivity contribution in [2.24, 2.45) is 5.92 Å². The molecule has 3 aromatic rings. The van der Waals surface area contributed by atoms with Crippen LogP contribution in [0.15, 0.2) is 42.6 Å². The lowest BCUT2D eigenvalue weighted by atomic mass is 9.93. The minimum atomic E-state index is 0.251. The first-order valence-corrected chi connectivity index (χ1v) is 9.74. The maximum Gasteiger partial charge on any atom is 0.130 e. The Balaban J connectivity index is 1.53. The Labute approximate surface area is 160 Å². The zero-order valence-electron chi connectivity index (χ0n) is 16.0. The molecule has 0 bridgehead atoms. The number of benzene rings is 1. The van der Waals surface area contributed by atoms with Gasteiger partial charge in [0.1, 0.15) is 11.6 Å². The molecule has 0 aliphatic carbocycles. The highest BCUT2D eigenvalue weighted by atomic mass is 16.5. The number of hydrogen-bond donors (Lipinski definition) is 1. The Morgan fingerprint density at radius 3 is 2.93 bits per heavy atom. The summed E-state index contributed by atoms with van der Waals surface area (Å²) in [4.78, 5) is 13.7. The molecule has 140 valence electrons. The summed E-state index contributed by atoms with van der Waals surface area (Å²) in [6.07, 6.45) is 4.82. The van der Waals surface area contributed by atoms with Crippen LogP contribution >= 0.6 is 0 Å². The Hall–Kier alpha value is -2.53. The number of ether oxygens (including phenoxy) is 1. The Morgan fingerprint density at radius 1 is 1.15 bits per heavy atom. The van der Waals surface area contributed by atoms with Crippen LogP contribution in [0.3, 0.4) is 0 Å². The monoisotopic (exact) mass is 362 g/mol. The molecule has 1 aromatic carbocycles. The molecule has 0 amide bonds. The number of aryl methyl sites for hydroxylation is 2. The van der Waals surface area contributed by atoms with Crippen LogP contribution in [-0.4, -0.2) is 34.2 Å². The fourth-order valence-electron chi connectivity index (χ4n) is 3.80. The van der Waals surface area contributed by atoms with E-state index in [2.05, 4.69) is 46.5 Å². The van der Waals surface area contributed by atoms with E-state index < -0.39 is 0 Å². The van der Waals surface area contributed by atoms with Crippen molar-refractivity contribution in [2.45, 2.75) is 39.2 Å². The number of pyridine rings is 1. The van der Waals surface area contributed by atoms with Crippen molar-refractivity contribution in [3.8, 4) is 0 Å². The second-order valence-corrected chi connectivity index (χ2v) is 7.30. The number of nitrogens with zero attached hydrogens (tertiary/aromatic N) is 3. The Morgan fingerprint density at radius 2 is 2.04 bits per heavy atom. The highest BCUT2D eigenvalue weighted by Gasteiger charge is 2.29. The molecule has 0 saturated carbocycles. The molecule has 0 radical (unpaired) electrons. The number of rotatable bonds is 6. The molecular formula is C22H26N4O. The van der Waals surface area contributed by atoms with E-state index in [1.807, 2.05) is 25.3 Å². The molecule has 2 atom stereocenters. The first-order valence-electron chi connectivity index (χ1n) is 9.74. The molecule has 5 heteroatoms. The number of aromatic nitrogens is 3. The molecule has 3 heterocycles. The average molecular weight is 362 g/mol. The SMILES string of the molecule is CCCc1nc(C)cc(N[C@H]2COC[C@H]2Cc2ccnc3ccccc23)n1. The normalized spacial score (nSPS) is 19.5. The van der Waals surface area contributed by atoms with E-state index in [9.17, 15) is 0 Å². The smallest absolute Gasteiger partial charge is 0.130 e. The molecule has 4 rings (SSSR count). The number of para-hydroxylation sites is 1. The molecule has 0 spiro atoms. The predicted molar refractivity (Wildman–Crippen MR) is 108 cm³/mol. The lowest BCUT2D eigenvalue weighted by molar-refractivity contribution is 0.185. The van der Waals surface area contributed by atoms with Crippen molar-refractivity contribution < 1.29 is 4.74 Å². The third-order valence-corrected chi connectivity index (χ3v) is 5.13. The van der Waals surface area contributed by atoms with Crippen LogP contribution < -0.4 is 5.32 Å². The molecule has 1 saturated heterocycles. The summed E-state index contributed by atoms with van der Waals surface area (Å²) in [6.45, 7) is 5.65. The predicted octanol–water partition coefficient (Wildman–Crippen LogP) is 3.96. The zero-order valence-corrected chi connectivity index (χ0v) is 16.0. The van der Waals surface area contributed by atoms with Gasteiger partial charge in [0.05, 0.1) is 24.8 Å². The summed E-state index contributed by atoms with van der Waals surface area (Å²) in [5.41, 5.74) is 3.38. The van der Waals surface area contributed by atoms with Gasteiger partial charge in [0.2, 0.25) is 0 Å². The van der Waals surface area contributed by atoms with Crippen molar-refractivity contribution in [3.63, 3.8) is 0 Å². The second-order valence-electron chi connectivity index (χ2n) is 7.30. The molecular weight excluding hydrogens is 336 g/mol. The number of hydrogen-bond acceptors (Lipinski definition) is 5.